The van der Waals surface area contributed by atoms with Crippen LogP contribution in [0.15, 0.2) is 24.3 Å². The molecule has 2 rings (SSSR count). The van der Waals surface area contributed by atoms with E-state index in [1.165, 1.54) is 19.1 Å². The van der Waals surface area contributed by atoms with Gasteiger partial charge in [-0.05, 0) is 49.4 Å². The number of hydrogen-bond donors (Lipinski definition) is 4. The summed E-state index contributed by atoms with van der Waals surface area (Å²) < 4.78 is 0. The van der Waals surface area contributed by atoms with Gasteiger partial charge in [0.25, 0.3) is 0 Å². The summed E-state index contributed by atoms with van der Waals surface area (Å²) >= 11 is 0. The lowest BCUT2D eigenvalue weighted by molar-refractivity contribution is -0.157. The highest BCUT2D eigenvalue weighted by Crippen LogP contribution is 2.56. The molecule has 1 aliphatic carbocycles. The number of carboxylic acids is 3. The Morgan fingerprint density at radius 3 is 1.81 bits per heavy atom. The van der Waals surface area contributed by atoms with E-state index in [0.717, 1.165) is 0 Å². The smallest absolute Gasteiger partial charge is 0.335 e. The van der Waals surface area contributed by atoms with Gasteiger partial charge in [0.15, 0.2) is 0 Å². The van der Waals surface area contributed by atoms with Crippen molar-refractivity contribution < 1.29 is 34.5 Å². The third-order valence-electron chi connectivity index (χ3n) is 5.45. The molecule has 8 nitrogen and oxygen atoms in total. The molecule has 2 unspecified atom stereocenters. The van der Waals surface area contributed by atoms with Gasteiger partial charge in [-0.25, -0.2) is 4.79 Å². The van der Waals surface area contributed by atoms with Crippen LogP contribution in [0.3, 0.4) is 0 Å². The monoisotopic (exact) mass is 379 g/mol. The van der Waals surface area contributed by atoms with Crippen LogP contribution in [0.1, 0.15) is 50.9 Å². The normalized spacial score (nSPS) is 22.9. The highest BCUT2D eigenvalue weighted by Gasteiger charge is 2.58. The Labute approximate surface area is 157 Å². The molecule has 0 spiro atoms. The van der Waals surface area contributed by atoms with Gasteiger partial charge in [-0.3, -0.25) is 14.4 Å². The van der Waals surface area contributed by atoms with E-state index in [2.05, 4.69) is 5.32 Å². The van der Waals surface area contributed by atoms with Crippen LogP contribution >= 0.6 is 0 Å². The van der Waals surface area contributed by atoms with Gasteiger partial charge in [0, 0.05) is 12.6 Å². The number of hydrogen-bond acceptors (Lipinski definition) is 4. The molecule has 1 amide bonds. The Hall–Kier alpha value is -2.90. The maximum atomic E-state index is 11.1. The summed E-state index contributed by atoms with van der Waals surface area (Å²) in [6, 6.07) is 5.97. The fourth-order valence-corrected chi connectivity index (χ4v) is 3.21. The van der Waals surface area contributed by atoms with E-state index < -0.39 is 34.7 Å². The SMILES string of the molecule is CC(=O)Nc1ccc(C(=O)O)cc1.CC1(C(=O)O)CCC(C(=O)O)C1(C)C. The molecule has 1 saturated carbocycles. The van der Waals surface area contributed by atoms with Crippen molar-refractivity contribution in [3.8, 4) is 0 Å². The minimum Gasteiger partial charge on any atom is -0.481 e. The second-order valence-corrected chi connectivity index (χ2v) is 7.35. The van der Waals surface area contributed by atoms with Gasteiger partial charge in [0.05, 0.1) is 16.9 Å². The first-order chi connectivity index (χ1) is 12.3. The molecule has 0 radical (unpaired) electrons. The maximum absolute atomic E-state index is 11.1. The van der Waals surface area contributed by atoms with E-state index in [9.17, 15) is 19.2 Å². The van der Waals surface area contributed by atoms with Crippen LogP contribution in [0, 0.1) is 16.7 Å². The first-order valence-corrected chi connectivity index (χ1v) is 8.40. The minimum atomic E-state index is -0.977. The first kappa shape index (κ1) is 22.1. The van der Waals surface area contributed by atoms with Crippen LogP contribution in [0.2, 0.25) is 0 Å². The highest BCUT2D eigenvalue weighted by atomic mass is 16.4. The summed E-state index contributed by atoms with van der Waals surface area (Å²) in [5, 5.41) is 29.2. The second kappa shape index (κ2) is 8.20. The molecule has 1 aliphatic rings. The summed E-state index contributed by atoms with van der Waals surface area (Å²) in [4.78, 5) is 43.1. The molecule has 0 aliphatic heterocycles. The van der Waals surface area contributed by atoms with Gasteiger partial charge in [-0.2, -0.15) is 0 Å². The quantitative estimate of drug-likeness (QED) is 0.630. The summed E-state index contributed by atoms with van der Waals surface area (Å²) in [5.74, 6) is -3.49. The van der Waals surface area contributed by atoms with Gasteiger partial charge in [-0.1, -0.05) is 13.8 Å². The number of carbonyl (C=O) groups excluding carboxylic acids is 1. The van der Waals surface area contributed by atoms with E-state index >= 15 is 0 Å². The van der Waals surface area contributed by atoms with Crippen molar-refractivity contribution in [1.29, 1.82) is 0 Å². The molecule has 1 aromatic carbocycles. The summed E-state index contributed by atoms with van der Waals surface area (Å²) in [6.07, 6.45) is 0.886. The third kappa shape index (κ3) is 4.84. The van der Waals surface area contributed by atoms with Crippen molar-refractivity contribution in [1.82, 2.24) is 0 Å². The van der Waals surface area contributed by atoms with Crippen molar-refractivity contribution in [2.45, 2.75) is 40.5 Å². The number of carboxylic acid groups (broad SMARTS) is 3. The lowest BCUT2D eigenvalue weighted by Gasteiger charge is -2.36. The Kier molecular flexibility index (Phi) is 6.72. The molecule has 4 N–H and O–H groups in total. The zero-order valence-corrected chi connectivity index (χ0v) is 15.8. The zero-order chi connectivity index (χ0) is 21.0. The number of aliphatic carboxylic acids is 2. The topological polar surface area (TPSA) is 141 Å². The maximum Gasteiger partial charge on any atom is 0.335 e. The number of rotatable bonds is 4. The third-order valence-corrected chi connectivity index (χ3v) is 5.45. The lowest BCUT2D eigenvalue weighted by atomic mass is 9.66. The first-order valence-electron chi connectivity index (χ1n) is 8.40. The molecule has 0 aromatic heterocycles. The van der Waals surface area contributed by atoms with Gasteiger partial charge in [0.1, 0.15) is 0 Å². The average molecular weight is 379 g/mol. The lowest BCUT2D eigenvalue weighted by Crippen LogP contribution is -2.42. The Morgan fingerprint density at radius 2 is 1.52 bits per heavy atom. The highest BCUT2D eigenvalue weighted by molar-refractivity contribution is 5.91. The van der Waals surface area contributed by atoms with Crippen LogP contribution in [0.4, 0.5) is 5.69 Å². The number of carbonyl (C=O) groups is 4. The fourth-order valence-electron chi connectivity index (χ4n) is 3.21. The Morgan fingerprint density at radius 1 is 1.00 bits per heavy atom. The summed E-state index contributed by atoms with van der Waals surface area (Å²) in [7, 11) is 0. The molecule has 2 atom stereocenters. The molecular formula is C19H25NO7. The fraction of sp³-hybridized carbons (Fsp3) is 0.474. The van der Waals surface area contributed by atoms with Gasteiger partial charge in [0.2, 0.25) is 5.91 Å². The number of anilines is 1. The predicted molar refractivity (Wildman–Crippen MR) is 97.6 cm³/mol. The van der Waals surface area contributed by atoms with Crippen LogP contribution in [-0.2, 0) is 14.4 Å². The van der Waals surface area contributed by atoms with E-state index in [1.54, 1.807) is 32.9 Å². The molecule has 27 heavy (non-hydrogen) atoms. The molecule has 148 valence electrons. The molecule has 1 fully saturated rings. The van der Waals surface area contributed by atoms with Gasteiger partial charge >= 0.3 is 17.9 Å². The minimum absolute atomic E-state index is 0.178. The molecule has 0 saturated heterocycles. The zero-order valence-electron chi connectivity index (χ0n) is 15.8. The van der Waals surface area contributed by atoms with E-state index in [4.69, 9.17) is 15.3 Å². The average Bonchev–Trinajstić information content (AvgIpc) is 2.79. The largest absolute Gasteiger partial charge is 0.481 e. The molecule has 8 heteroatoms. The van der Waals surface area contributed by atoms with E-state index in [0.29, 0.717) is 18.5 Å². The molecular weight excluding hydrogens is 354 g/mol. The summed E-state index contributed by atoms with van der Waals surface area (Å²) in [6.45, 7) is 6.49. The van der Waals surface area contributed by atoms with Crippen molar-refractivity contribution >= 4 is 29.5 Å². The van der Waals surface area contributed by atoms with Crippen LogP contribution in [-0.4, -0.2) is 39.1 Å². The van der Waals surface area contributed by atoms with Crippen LogP contribution in [0.5, 0.6) is 0 Å². The number of aromatic carboxylic acids is 1. The van der Waals surface area contributed by atoms with Gasteiger partial charge in [-0.15, -0.1) is 0 Å². The molecule has 1 aromatic rings. The van der Waals surface area contributed by atoms with Crippen molar-refractivity contribution in [3.05, 3.63) is 29.8 Å². The van der Waals surface area contributed by atoms with Crippen molar-refractivity contribution in [2.24, 2.45) is 16.7 Å². The van der Waals surface area contributed by atoms with Crippen LogP contribution < -0.4 is 5.32 Å². The van der Waals surface area contributed by atoms with Crippen LogP contribution in [0.25, 0.3) is 0 Å². The number of amides is 1. The Balaban J connectivity index is 0.000000271. The second-order valence-electron chi connectivity index (χ2n) is 7.35. The van der Waals surface area contributed by atoms with Gasteiger partial charge < -0.3 is 20.6 Å². The number of benzene rings is 1. The van der Waals surface area contributed by atoms with E-state index in [1.807, 2.05) is 0 Å². The predicted octanol–water partition coefficient (Wildman–Crippen LogP) is 2.94. The Bertz CT molecular complexity index is 739. The van der Waals surface area contributed by atoms with Crippen molar-refractivity contribution in [3.63, 3.8) is 0 Å². The van der Waals surface area contributed by atoms with Crippen molar-refractivity contribution in [2.75, 3.05) is 5.32 Å². The summed E-state index contributed by atoms with van der Waals surface area (Å²) in [5.41, 5.74) is -0.813. The number of nitrogens with one attached hydrogen (secondary N) is 1. The standard InChI is InChI=1S/C10H16O4.C9H9NO3/c1-9(2)6(7(11)12)4-5-10(9,3)8(13)14;1-6(11)10-8-4-2-7(3-5-8)9(12)13/h6H,4-5H2,1-3H3,(H,11,12)(H,13,14);2-5H,1H3,(H,10,11)(H,12,13). The van der Waals surface area contributed by atoms with E-state index in [-0.39, 0.29) is 11.5 Å². The molecule has 0 bridgehead atoms. The molecule has 0 heterocycles.